The van der Waals surface area contributed by atoms with Crippen molar-refractivity contribution >= 4 is 21.7 Å². The molecule has 0 atom stereocenters. The zero-order valence-corrected chi connectivity index (χ0v) is 15.9. The molecule has 0 spiro atoms. The van der Waals surface area contributed by atoms with Crippen molar-refractivity contribution in [2.75, 3.05) is 26.2 Å². The van der Waals surface area contributed by atoms with Gasteiger partial charge in [0.25, 0.3) is 0 Å². The first-order valence-electron chi connectivity index (χ1n) is 8.58. The van der Waals surface area contributed by atoms with Gasteiger partial charge >= 0.3 is 0 Å². The van der Waals surface area contributed by atoms with Crippen molar-refractivity contribution in [1.29, 1.82) is 0 Å². The normalized spacial score (nSPS) is 16.0. The van der Waals surface area contributed by atoms with E-state index >= 15 is 0 Å². The Balaban J connectivity index is 2.00. The van der Waals surface area contributed by atoms with Gasteiger partial charge in [0, 0.05) is 33.1 Å². The lowest BCUT2D eigenvalue weighted by Crippen LogP contribution is -2.37. The van der Waals surface area contributed by atoms with Gasteiger partial charge in [-0.2, -0.15) is 0 Å². The highest BCUT2D eigenvalue weighted by atomic mass is 32.2. The summed E-state index contributed by atoms with van der Waals surface area (Å²) in [6, 6.07) is 6.54. The molecule has 2 amide bonds. The van der Waals surface area contributed by atoms with Gasteiger partial charge in [0.2, 0.25) is 11.8 Å². The Labute approximate surface area is 149 Å². The largest absolute Gasteiger partial charge is 0.341 e. The van der Waals surface area contributed by atoms with Gasteiger partial charge in [0.15, 0.2) is 9.84 Å². The van der Waals surface area contributed by atoms with E-state index in [0.717, 1.165) is 12.0 Å². The number of benzene rings is 1. The van der Waals surface area contributed by atoms with Crippen LogP contribution < -0.4 is 0 Å². The second-order valence-electron chi connectivity index (χ2n) is 6.65. The van der Waals surface area contributed by atoms with Crippen LogP contribution in [0.15, 0.2) is 29.2 Å². The van der Waals surface area contributed by atoms with Crippen molar-refractivity contribution in [2.45, 2.75) is 43.8 Å². The fourth-order valence-electron chi connectivity index (χ4n) is 2.84. The molecule has 1 fully saturated rings. The first-order valence-corrected chi connectivity index (χ1v) is 10.1. The number of carbonyl (C=O) groups is 2. The molecule has 0 unspecified atom stereocenters. The maximum Gasteiger partial charge on any atom is 0.227 e. The fraction of sp³-hybridized carbons (Fsp3) is 0.556. The van der Waals surface area contributed by atoms with Crippen molar-refractivity contribution < 1.29 is 18.0 Å². The average Bonchev–Trinajstić information content (AvgIpc) is 2.81. The Morgan fingerprint density at radius 3 is 2.12 bits per heavy atom. The molecule has 0 radical (unpaired) electrons. The van der Waals surface area contributed by atoms with E-state index in [4.69, 9.17) is 0 Å². The topological polar surface area (TPSA) is 74.8 Å². The molecule has 1 saturated heterocycles. The number of hydrogen-bond acceptors (Lipinski definition) is 4. The summed E-state index contributed by atoms with van der Waals surface area (Å²) in [5.41, 5.74) is 0.792. The van der Waals surface area contributed by atoms with E-state index < -0.39 is 15.1 Å². The predicted molar refractivity (Wildman–Crippen MR) is 95.9 cm³/mol. The lowest BCUT2D eigenvalue weighted by molar-refractivity contribution is -0.132. The molecule has 1 aromatic rings. The molecule has 0 aromatic heterocycles. The van der Waals surface area contributed by atoms with Crippen LogP contribution in [0, 0.1) is 0 Å². The van der Waals surface area contributed by atoms with Crippen molar-refractivity contribution in [1.82, 2.24) is 9.80 Å². The summed E-state index contributed by atoms with van der Waals surface area (Å²) >= 11 is 0. The van der Waals surface area contributed by atoms with Gasteiger partial charge in [-0.25, -0.2) is 8.42 Å². The summed E-state index contributed by atoms with van der Waals surface area (Å²) in [6.45, 7) is 7.27. The third-order valence-electron chi connectivity index (χ3n) is 4.52. The minimum absolute atomic E-state index is 0.00451. The molecule has 0 N–H and O–H groups in total. The van der Waals surface area contributed by atoms with Gasteiger partial charge in [0.05, 0.1) is 16.6 Å². The van der Waals surface area contributed by atoms with Gasteiger partial charge in [-0.05, 0) is 38.0 Å². The standard InChI is InChI=1S/C18H26N2O4S/c1-14(2)25(23,24)17-7-5-16(6-8-17)13-18(22)20-10-4-9-19(11-12-20)15(3)21/h5-8,14H,4,9-13H2,1-3H3. The summed E-state index contributed by atoms with van der Waals surface area (Å²) in [5, 5.41) is -0.471. The molecule has 1 aliphatic rings. The number of amides is 2. The molecule has 2 rings (SSSR count). The molecular weight excluding hydrogens is 340 g/mol. The van der Waals surface area contributed by atoms with Crippen molar-refractivity contribution in [2.24, 2.45) is 0 Å². The maximum atomic E-state index is 12.5. The van der Waals surface area contributed by atoms with E-state index in [1.54, 1.807) is 54.8 Å². The fourth-order valence-corrected chi connectivity index (χ4v) is 3.90. The van der Waals surface area contributed by atoms with Crippen molar-refractivity contribution in [3.05, 3.63) is 29.8 Å². The van der Waals surface area contributed by atoms with Crippen LogP contribution in [0.3, 0.4) is 0 Å². The number of sulfone groups is 1. The van der Waals surface area contributed by atoms with E-state index in [9.17, 15) is 18.0 Å². The van der Waals surface area contributed by atoms with Crippen LogP contribution in [-0.2, 0) is 25.8 Å². The Kier molecular flexibility index (Phi) is 6.21. The number of rotatable bonds is 4. The smallest absolute Gasteiger partial charge is 0.227 e. The van der Waals surface area contributed by atoms with Crippen LogP contribution in [0.1, 0.15) is 32.8 Å². The minimum atomic E-state index is -3.29. The molecule has 1 aliphatic heterocycles. The van der Waals surface area contributed by atoms with Crippen molar-refractivity contribution in [3.8, 4) is 0 Å². The molecule has 6 nitrogen and oxygen atoms in total. The summed E-state index contributed by atoms with van der Waals surface area (Å²) in [7, 11) is -3.29. The van der Waals surface area contributed by atoms with E-state index in [1.807, 2.05) is 0 Å². The molecular formula is C18H26N2O4S. The molecule has 138 valence electrons. The second kappa shape index (κ2) is 7.99. The molecule has 0 aliphatic carbocycles. The highest BCUT2D eigenvalue weighted by molar-refractivity contribution is 7.92. The number of hydrogen-bond donors (Lipinski definition) is 0. The Hall–Kier alpha value is -1.89. The van der Waals surface area contributed by atoms with Crippen molar-refractivity contribution in [3.63, 3.8) is 0 Å². The van der Waals surface area contributed by atoms with Gasteiger partial charge in [0.1, 0.15) is 0 Å². The second-order valence-corrected chi connectivity index (χ2v) is 9.16. The minimum Gasteiger partial charge on any atom is -0.341 e. The van der Waals surface area contributed by atoms with E-state index in [-0.39, 0.29) is 23.1 Å². The first-order chi connectivity index (χ1) is 11.7. The maximum absolute atomic E-state index is 12.5. The number of carbonyl (C=O) groups excluding carboxylic acids is 2. The van der Waals surface area contributed by atoms with E-state index in [0.29, 0.717) is 26.2 Å². The third kappa shape index (κ3) is 4.81. The van der Waals surface area contributed by atoms with E-state index in [1.165, 1.54) is 0 Å². The Morgan fingerprint density at radius 2 is 1.56 bits per heavy atom. The molecule has 1 heterocycles. The Bertz CT molecular complexity index is 726. The monoisotopic (exact) mass is 366 g/mol. The highest BCUT2D eigenvalue weighted by Gasteiger charge is 2.21. The molecule has 0 bridgehead atoms. The van der Waals surface area contributed by atoms with Gasteiger partial charge in [-0.1, -0.05) is 12.1 Å². The van der Waals surface area contributed by atoms with Crippen LogP contribution in [0.2, 0.25) is 0 Å². The first kappa shape index (κ1) is 19.4. The van der Waals surface area contributed by atoms with Crippen LogP contribution in [-0.4, -0.2) is 61.5 Å². The molecule has 25 heavy (non-hydrogen) atoms. The predicted octanol–water partition coefficient (Wildman–Crippen LogP) is 1.49. The van der Waals surface area contributed by atoms with Crippen LogP contribution in [0.25, 0.3) is 0 Å². The zero-order chi connectivity index (χ0) is 18.6. The Morgan fingerprint density at radius 1 is 1.00 bits per heavy atom. The number of nitrogens with zero attached hydrogens (tertiary/aromatic N) is 2. The lowest BCUT2D eigenvalue weighted by atomic mass is 10.1. The quantitative estimate of drug-likeness (QED) is 0.809. The molecule has 0 saturated carbocycles. The molecule has 7 heteroatoms. The zero-order valence-electron chi connectivity index (χ0n) is 15.1. The third-order valence-corrected chi connectivity index (χ3v) is 6.69. The summed E-state index contributed by atoms with van der Waals surface area (Å²) < 4.78 is 24.3. The van der Waals surface area contributed by atoms with Crippen LogP contribution in [0.5, 0.6) is 0 Å². The lowest BCUT2D eigenvalue weighted by Gasteiger charge is -2.21. The SMILES string of the molecule is CC(=O)N1CCCN(C(=O)Cc2ccc(S(=O)(=O)C(C)C)cc2)CC1. The van der Waals surface area contributed by atoms with E-state index in [2.05, 4.69) is 0 Å². The summed E-state index contributed by atoms with van der Waals surface area (Å²) in [5.74, 6) is 0.0427. The highest BCUT2D eigenvalue weighted by Crippen LogP contribution is 2.17. The van der Waals surface area contributed by atoms with Crippen LogP contribution in [0.4, 0.5) is 0 Å². The summed E-state index contributed by atoms with van der Waals surface area (Å²) in [4.78, 5) is 27.8. The molecule has 1 aromatic carbocycles. The van der Waals surface area contributed by atoms with Gasteiger partial charge in [-0.15, -0.1) is 0 Å². The van der Waals surface area contributed by atoms with Gasteiger partial charge < -0.3 is 9.80 Å². The van der Waals surface area contributed by atoms with Crippen LogP contribution >= 0.6 is 0 Å². The van der Waals surface area contributed by atoms with Gasteiger partial charge in [-0.3, -0.25) is 9.59 Å². The average molecular weight is 366 g/mol. The summed E-state index contributed by atoms with van der Waals surface area (Å²) in [6.07, 6.45) is 1.01.